The lowest BCUT2D eigenvalue weighted by molar-refractivity contribution is -0.122. The smallest absolute Gasteiger partial charge is 0.229 e. The Bertz CT molecular complexity index is 1510. The van der Waals surface area contributed by atoms with Gasteiger partial charge in [0.1, 0.15) is 0 Å². The van der Waals surface area contributed by atoms with Gasteiger partial charge in [-0.2, -0.15) is 0 Å². The molecule has 2 aromatic rings. The fraction of sp³-hybridized carbons (Fsp3) is 0.644. The lowest BCUT2D eigenvalue weighted by atomic mass is 10.0. The molecular formula is C45H69N3O15. The summed E-state index contributed by atoms with van der Waals surface area (Å²) in [6, 6.07) is 15.5. The molecule has 18 heteroatoms. The van der Waals surface area contributed by atoms with Crippen LogP contribution < -0.4 is 16.1 Å². The molecule has 18 nitrogen and oxygen atoms in total. The SMILES string of the molecule is NOCCOCCOCCOCCOCCOCCOCCOCCOCCOCCOCCOCCOCCC(=O)NCCC(=O)N1Cc2ccccc2C#Cc2ccccc21. The van der Waals surface area contributed by atoms with Crippen molar-refractivity contribution in [3.63, 3.8) is 0 Å². The molecule has 0 radical (unpaired) electrons. The van der Waals surface area contributed by atoms with Gasteiger partial charge in [-0.25, -0.2) is 5.90 Å². The molecule has 0 unspecified atom stereocenters. The van der Waals surface area contributed by atoms with Crippen molar-refractivity contribution in [1.29, 1.82) is 0 Å². The van der Waals surface area contributed by atoms with Crippen LogP contribution in [0, 0.1) is 11.8 Å². The summed E-state index contributed by atoms with van der Waals surface area (Å²) >= 11 is 0. The molecule has 0 bridgehead atoms. The minimum absolute atomic E-state index is 0.0843. The highest BCUT2D eigenvalue weighted by Gasteiger charge is 2.21. The predicted octanol–water partition coefficient (Wildman–Crippen LogP) is 1.92. The molecule has 1 heterocycles. The van der Waals surface area contributed by atoms with Gasteiger partial charge in [0, 0.05) is 30.5 Å². The highest BCUT2D eigenvalue weighted by molar-refractivity contribution is 5.95. The first-order valence-corrected chi connectivity index (χ1v) is 21.7. The normalized spacial score (nSPS) is 12.0. The van der Waals surface area contributed by atoms with Crippen molar-refractivity contribution in [1.82, 2.24) is 5.32 Å². The van der Waals surface area contributed by atoms with Crippen LogP contribution in [0.25, 0.3) is 0 Å². The van der Waals surface area contributed by atoms with E-state index >= 15 is 0 Å². The number of ether oxygens (including phenoxy) is 12. The number of nitrogens with one attached hydrogen (secondary N) is 1. The van der Waals surface area contributed by atoms with Crippen LogP contribution in [-0.4, -0.2) is 184 Å². The molecule has 3 rings (SSSR count). The van der Waals surface area contributed by atoms with E-state index in [9.17, 15) is 9.59 Å². The molecule has 354 valence electrons. The van der Waals surface area contributed by atoms with Crippen LogP contribution in [-0.2, 0) is 77.8 Å². The molecule has 2 aromatic carbocycles. The molecule has 1 aliphatic heterocycles. The Balaban J connectivity index is 0.969. The third-order valence-electron chi connectivity index (χ3n) is 8.75. The zero-order valence-corrected chi connectivity index (χ0v) is 36.8. The Morgan fingerprint density at radius 3 is 1.24 bits per heavy atom. The van der Waals surface area contributed by atoms with E-state index in [1.165, 1.54) is 0 Å². The van der Waals surface area contributed by atoms with Gasteiger partial charge in [-0.15, -0.1) is 0 Å². The first-order valence-electron chi connectivity index (χ1n) is 21.7. The number of carbonyl (C=O) groups excluding carboxylic acids is 2. The first kappa shape index (κ1) is 53.7. The van der Waals surface area contributed by atoms with E-state index in [0.29, 0.717) is 165 Å². The molecule has 0 spiro atoms. The highest BCUT2D eigenvalue weighted by atomic mass is 16.6. The van der Waals surface area contributed by atoms with E-state index in [1.807, 2.05) is 48.5 Å². The van der Waals surface area contributed by atoms with Crippen molar-refractivity contribution in [3.8, 4) is 11.8 Å². The second kappa shape index (κ2) is 38.8. The quantitative estimate of drug-likeness (QED) is 0.0557. The van der Waals surface area contributed by atoms with Gasteiger partial charge in [0.2, 0.25) is 11.8 Å². The average Bonchev–Trinajstić information content (AvgIpc) is 3.29. The number of benzene rings is 2. The Morgan fingerprint density at radius 1 is 0.460 bits per heavy atom. The second-order valence-electron chi connectivity index (χ2n) is 13.5. The van der Waals surface area contributed by atoms with Crippen molar-refractivity contribution in [2.24, 2.45) is 5.90 Å². The van der Waals surface area contributed by atoms with Gasteiger partial charge in [0.25, 0.3) is 0 Å². The lowest BCUT2D eigenvalue weighted by Crippen LogP contribution is -2.35. The number of amides is 2. The van der Waals surface area contributed by atoms with Gasteiger partial charge in [-0.3, -0.25) is 9.59 Å². The average molecular weight is 892 g/mol. The number of hydrogen-bond acceptors (Lipinski definition) is 16. The van der Waals surface area contributed by atoms with Crippen molar-refractivity contribution >= 4 is 17.5 Å². The number of fused-ring (bicyclic) bond motifs is 2. The van der Waals surface area contributed by atoms with Crippen LogP contribution in [0.3, 0.4) is 0 Å². The van der Waals surface area contributed by atoms with Crippen molar-refractivity contribution in [2.75, 3.05) is 177 Å². The van der Waals surface area contributed by atoms with Crippen molar-refractivity contribution < 1.29 is 71.3 Å². The molecule has 0 aromatic heterocycles. The topological polar surface area (TPSA) is 195 Å². The molecule has 63 heavy (non-hydrogen) atoms. The lowest BCUT2D eigenvalue weighted by Gasteiger charge is -2.26. The van der Waals surface area contributed by atoms with Crippen molar-refractivity contribution in [2.45, 2.75) is 19.4 Å². The second-order valence-corrected chi connectivity index (χ2v) is 13.5. The van der Waals surface area contributed by atoms with E-state index < -0.39 is 0 Å². The molecule has 1 aliphatic rings. The zero-order valence-electron chi connectivity index (χ0n) is 36.8. The van der Waals surface area contributed by atoms with Crippen LogP contribution >= 0.6 is 0 Å². The van der Waals surface area contributed by atoms with E-state index in [-0.39, 0.29) is 37.8 Å². The first-order chi connectivity index (χ1) is 31.2. The summed E-state index contributed by atoms with van der Waals surface area (Å²) in [4.78, 5) is 31.8. The third-order valence-corrected chi connectivity index (χ3v) is 8.75. The minimum Gasteiger partial charge on any atom is -0.379 e. The number of para-hydroxylation sites is 1. The molecule has 0 saturated heterocycles. The Hall–Kier alpha value is -3.62. The molecule has 3 N–H and O–H groups in total. The summed E-state index contributed by atoms with van der Waals surface area (Å²) in [7, 11) is 0. The molecular weight excluding hydrogens is 823 g/mol. The van der Waals surface area contributed by atoms with Crippen LogP contribution in [0.5, 0.6) is 0 Å². The summed E-state index contributed by atoms with van der Waals surface area (Å²) in [6.45, 7) is 12.0. The number of rotatable bonds is 42. The van der Waals surface area contributed by atoms with E-state index in [1.54, 1.807) is 4.90 Å². The molecule has 2 amide bonds. The molecule has 0 aliphatic carbocycles. The van der Waals surface area contributed by atoms with Gasteiger partial charge in [0.15, 0.2) is 0 Å². The van der Waals surface area contributed by atoms with E-state index in [2.05, 4.69) is 22.0 Å². The monoisotopic (exact) mass is 891 g/mol. The summed E-state index contributed by atoms with van der Waals surface area (Å²) in [5, 5.41) is 2.82. The van der Waals surface area contributed by atoms with Gasteiger partial charge in [-0.05, 0) is 23.8 Å². The third kappa shape index (κ3) is 28.0. The fourth-order valence-electron chi connectivity index (χ4n) is 5.53. The van der Waals surface area contributed by atoms with Crippen LogP contribution in [0.4, 0.5) is 5.69 Å². The highest BCUT2D eigenvalue weighted by Crippen LogP contribution is 2.25. The summed E-state index contributed by atoms with van der Waals surface area (Å²) < 4.78 is 65.5. The van der Waals surface area contributed by atoms with Crippen LogP contribution in [0.1, 0.15) is 29.5 Å². The van der Waals surface area contributed by atoms with Crippen LogP contribution in [0.2, 0.25) is 0 Å². The minimum atomic E-state index is -0.174. The largest absolute Gasteiger partial charge is 0.379 e. The molecule has 0 saturated carbocycles. The van der Waals surface area contributed by atoms with Gasteiger partial charge < -0.3 is 71.9 Å². The number of hydrogen-bond donors (Lipinski definition) is 2. The maximum atomic E-state index is 13.3. The van der Waals surface area contributed by atoms with Gasteiger partial charge in [0.05, 0.1) is 177 Å². The van der Waals surface area contributed by atoms with Crippen LogP contribution in [0.15, 0.2) is 48.5 Å². The van der Waals surface area contributed by atoms with E-state index in [0.717, 1.165) is 22.4 Å². The molecule has 0 atom stereocenters. The maximum Gasteiger partial charge on any atom is 0.229 e. The maximum absolute atomic E-state index is 13.3. The number of anilines is 1. The van der Waals surface area contributed by atoms with Gasteiger partial charge in [-0.1, -0.05) is 42.2 Å². The van der Waals surface area contributed by atoms with Crippen molar-refractivity contribution in [3.05, 3.63) is 65.2 Å². The summed E-state index contributed by atoms with van der Waals surface area (Å²) in [6.07, 6.45) is 0.363. The number of nitrogens with two attached hydrogens (primary N) is 1. The predicted molar refractivity (Wildman–Crippen MR) is 232 cm³/mol. The Labute approximate surface area is 372 Å². The summed E-state index contributed by atoms with van der Waals surface area (Å²) in [5.74, 6) is 11.1. The van der Waals surface area contributed by atoms with E-state index in [4.69, 9.17) is 62.7 Å². The zero-order chi connectivity index (χ0) is 44.5. The fourth-order valence-corrected chi connectivity index (χ4v) is 5.53. The Morgan fingerprint density at radius 2 is 0.810 bits per heavy atom. The Kier molecular flexibility index (Phi) is 33.1. The van der Waals surface area contributed by atoms with Gasteiger partial charge >= 0.3 is 0 Å². The standard InChI is InChI=1S/C45H69N3O15/c46-63-38-37-62-36-35-61-34-33-60-32-31-59-30-29-58-28-27-57-26-25-56-24-23-55-22-21-54-20-19-53-18-17-52-16-15-51-14-12-44(49)47-13-11-45(50)48-39-42-7-2-1-5-40(42)9-10-41-6-3-4-8-43(41)48/h1-8H,11-39,46H2,(H,47,49). The summed E-state index contributed by atoms with van der Waals surface area (Å²) in [5.41, 5.74) is 3.46. The molecule has 0 fully saturated rings. The number of nitrogens with zero attached hydrogens (tertiary/aromatic N) is 1. The number of carbonyl (C=O) groups is 2.